The molecule has 0 spiro atoms. The Bertz CT molecular complexity index is 869. The van der Waals surface area contributed by atoms with E-state index in [2.05, 4.69) is 34.3 Å². The molecule has 0 radical (unpaired) electrons. The summed E-state index contributed by atoms with van der Waals surface area (Å²) in [7, 11) is 2.06. The minimum atomic E-state index is -0.170. The predicted octanol–water partition coefficient (Wildman–Crippen LogP) is 4.19. The lowest BCUT2D eigenvalue weighted by Crippen LogP contribution is -2.22. The van der Waals surface area contributed by atoms with Gasteiger partial charge in [-0.2, -0.15) is 0 Å². The quantitative estimate of drug-likeness (QED) is 0.704. The summed E-state index contributed by atoms with van der Waals surface area (Å²) in [5, 5.41) is 9.81. The summed E-state index contributed by atoms with van der Waals surface area (Å²) in [5.74, 6) is 0.431. The molecule has 1 aromatic carbocycles. The van der Waals surface area contributed by atoms with E-state index in [0.717, 1.165) is 17.1 Å². The molecule has 2 heterocycles. The first-order chi connectivity index (χ1) is 12.5. The molecule has 26 heavy (non-hydrogen) atoms. The van der Waals surface area contributed by atoms with Gasteiger partial charge in [-0.1, -0.05) is 17.3 Å². The largest absolute Gasteiger partial charge is 0.359 e. The van der Waals surface area contributed by atoms with Crippen LogP contribution in [0.25, 0.3) is 0 Å². The van der Waals surface area contributed by atoms with Crippen molar-refractivity contribution in [2.45, 2.75) is 33.4 Å². The molecule has 1 amide bonds. The fraction of sp³-hybridized carbons (Fsp3) is 0.316. The second kappa shape index (κ2) is 7.80. The van der Waals surface area contributed by atoms with Gasteiger partial charge in [0.15, 0.2) is 5.76 Å². The van der Waals surface area contributed by atoms with Crippen LogP contribution in [0.15, 0.2) is 40.4 Å². The number of carbonyl (C=O) groups is 1. The number of nitrogens with one attached hydrogen (secondary N) is 1. The van der Waals surface area contributed by atoms with Gasteiger partial charge in [-0.25, -0.2) is 4.98 Å². The topological polar surface area (TPSA) is 71.3 Å². The standard InChI is InChI=1S/C19H22N4O2S/c1-12-17(14(3)25-22-12)21-18(24)16-7-5-6-15(10-16)11-23(4)13(2)19-20-8-9-26-19/h5-10,13H,11H2,1-4H3,(H,21,24). The summed E-state index contributed by atoms with van der Waals surface area (Å²) in [4.78, 5) is 19.2. The van der Waals surface area contributed by atoms with E-state index in [1.54, 1.807) is 31.3 Å². The normalized spacial score (nSPS) is 12.3. The highest BCUT2D eigenvalue weighted by Gasteiger charge is 2.16. The Kier molecular flexibility index (Phi) is 5.49. The molecular weight excluding hydrogens is 348 g/mol. The lowest BCUT2D eigenvalue weighted by Gasteiger charge is -2.23. The number of amides is 1. The number of aromatic nitrogens is 2. The summed E-state index contributed by atoms with van der Waals surface area (Å²) >= 11 is 1.65. The molecule has 1 unspecified atom stereocenters. The van der Waals surface area contributed by atoms with Gasteiger partial charge in [0.25, 0.3) is 5.91 Å². The first-order valence-corrected chi connectivity index (χ1v) is 9.26. The highest BCUT2D eigenvalue weighted by molar-refractivity contribution is 7.09. The van der Waals surface area contributed by atoms with E-state index in [1.807, 2.05) is 29.8 Å². The van der Waals surface area contributed by atoms with Crippen molar-refractivity contribution in [2.75, 3.05) is 12.4 Å². The van der Waals surface area contributed by atoms with Crippen LogP contribution in [-0.4, -0.2) is 28.0 Å². The average Bonchev–Trinajstić information content (AvgIpc) is 3.27. The molecule has 6 nitrogen and oxygen atoms in total. The van der Waals surface area contributed by atoms with Gasteiger partial charge in [-0.05, 0) is 45.5 Å². The number of hydrogen-bond donors (Lipinski definition) is 1. The summed E-state index contributed by atoms with van der Waals surface area (Å²) in [5.41, 5.74) is 2.99. The van der Waals surface area contributed by atoms with Crippen LogP contribution in [0.2, 0.25) is 0 Å². The van der Waals surface area contributed by atoms with Crippen molar-refractivity contribution in [2.24, 2.45) is 0 Å². The zero-order chi connectivity index (χ0) is 18.7. The van der Waals surface area contributed by atoms with Crippen LogP contribution in [0.1, 0.15) is 45.3 Å². The maximum Gasteiger partial charge on any atom is 0.255 e. The molecule has 0 saturated heterocycles. The number of carbonyl (C=O) groups excluding carboxylic acids is 1. The minimum absolute atomic E-state index is 0.170. The van der Waals surface area contributed by atoms with Crippen molar-refractivity contribution in [1.29, 1.82) is 0 Å². The Labute approximate surface area is 156 Å². The Morgan fingerprint density at radius 1 is 1.38 bits per heavy atom. The van der Waals surface area contributed by atoms with Crippen LogP contribution < -0.4 is 5.32 Å². The lowest BCUT2D eigenvalue weighted by molar-refractivity contribution is 0.102. The second-order valence-electron chi connectivity index (χ2n) is 6.32. The van der Waals surface area contributed by atoms with Crippen LogP contribution in [-0.2, 0) is 6.54 Å². The van der Waals surface area contributed by atoms with Gasteiger partial charge in [-0.3, -0.25) is 9.69 Å². The Hall–Kier alpha value is -2.51. The number of aryl methyl sites for hydroxylation is 2. The van der Waals surface area contributed by atoms with Crippen LogP contribution in [0.4, 0.5) is 5.69 Å². The molecule has 0 saturated carbocycles. The lowest BCUT2D eigenvalue weighted by atomic mass is 10.1. The molecule has 3 aromatic rings. The molecule has 0 bridgehead atoms. The van der Waals surface area contributed by atoms with Gasteiger partial charge >= 0.3 is 0 Å². The molecule has 7 heteroatoms. The molecule has 1 atom stereocenters. The van der Waals surface area contributed by atoms with Crippen LogP contribution in [0.3, 0.4) is 0 Å². The minimum Gasteiger partial charge on any atom is -0.359 e. The number of nitrogens with zero attached hydrogens (tertiary/aromatic N) is 3. The first kappa shape index (κ1) is 18.3. The molecule has 0 aliphatic rings. The number of benzene rings is 1. The summed E-state index contributed by atoms with van der Waals surface area (Å²) in [6.07, 6.45) is 1.82. The maximum atomic E-state index is 12.6. The third-order valence-corrected chi connectivity index (χ3v) is 5.31. The van der Waals surface area contributed by atoms with E-state index in [1.165, 1.54) is 0 Å². The van der Waals surface area contributed by atoms with Gasteiger partial charge in [0.05, 0.1) is 6.04 Å². The predicted molar refractivity (Wildman–Crippen MR) is 102 cm³/mol. The Morgan fingerprint density at radius 2 is 2.19 bits per heavy atom. The van der Waals surface area contributed by atoms with Gasteiger partial charge in [-0.15, -0.1) is 11.3 Å². The van der Waals surface area contributed by atoms with E-state index < -0.39 is 0 Å². The van der Waals surface area contributed by atoms with Gasteiger partial charge in [0.2, 0.25) is 0 Å². The monoisotopic (exact) mass is 370 g/mol. The number of thiazole rings is 1. The Balaban J connectivity index is 1.70. The highest BCUT2D eigenvalue weighted by Crippen LogP contribution is 2.23. The van der Waals surface area contributed by atoms with Gasteiger partial charge in [0, 0.05) is 23.7 Å². The highest BCUT2D eigenvalue weighted by atomic mass is 32.1. The SMILES string of the molecule is Cc1noc(C)c1NC(=O)c1cccc(CN(C)C(C)c2nccs2)c1. The van der Waals surface area contributed by atoms with Crippen molar-refractivity contribution < 1.29 is 9.32 Å². The zero-order valence-corrected chi connectivity index (χ0v) is 16.1. The average molecular weight is 370 g/mol. The zero-order valence-electron chi connectivity index (χ0n) is 15.3. The number of hydrogen-bond acceptors (Lipinski definition) is 6. The fourth-order valence-corrected chi connectivity index (χ4v) is 3.47. The van der Waals surface area contributed by atoms with Crippen molar-refractivity contribution >= 4 is 22.9 Å². The molecule has 0 aliphatic heterocycles. The summed E-state index contributed by atoms with van der Waals surface area (Å²) in [6.45, 7) is 6.44. The Morgan fingerprint density at radius 3 is 2.85 bits per heavy atom. The number of anilines is 1. The summed E-state index contributed by atoms with van der Waals surface area (Å²) < 4.78 is 5.09. The molecular formula is C19H22N4O2S. The van der Waals surface area contributed by atoms with E-state index in [0.29, 0.717) is 22.7 Å². The van der Waals surface area contributed by atoms with E-state index >= 15 is 0 Å². The molecule has 3 rings (SSSR count). The van der Waals surface area contributed by atoms with Crippen molar-refractivity contribution in [1.82, 2.24) is 15.0 Å². The molecule has 0 aliphatic carbocycles. The molecule has 0 fully saturated rings. The first-order valence-electron chi connectivity index (χ1n) is 8.38. The second-order valence-corrected chi connectivity index (χ2v) is 7.24. The van der Waals surface area contributed by atoms with E-state index in [-0.39, 0.29) is 11.9 Å². The van der Waals surface area contributed by atoms with Gasteiger partial charge < -0.3 is 9.84 Å². The third kappa shape index (κ3) is 4.00. The molecule has 1 N–H and O–H groups in total. The third-order valence-electron chi connectivity index (χ3n) is 4.36. The van der Waals surface area contributed by atoms with Crippen LogP contribution in [0.5, 0.6) is 0 Å². The fourth-order valence-electron chi connectivity index (χ4n) is 2.71. The van der Waals surface area contributed by atoms with Crippen molar-refractivity contribution in [3.05, 3.63) is 63.4 Å². The molecule has 136 valence electrons. The number of rotatable bonds is 6. The van der Waals surface area contributed by atoms with Gasteiger partial charge in [0.1, 0.15) is 16.4 Å². The van der Waals surface area contributed by atoms with Crippen LogP contribution in [0, 0.1) is 13.8 Å². The van der Waals surface area contributed by atoms with Crippen LogP contribution >= 0.6 is 11.3 Å². The van der Waals surface area contributed by atoms with Crippen molar-refractivity contribution in [3.63, 3.8) is 0 Å². The smallest absolute Gasteiger partial charge is 0.255 e. The molecule has 2 aromatic heterocycles. The van der Waals surface area contributed by atoms with E-state index in [4.69, 9.17) is 4.52 Å². The van der Waals surface area contributed by atoms with E-state index in [9.17, 15) is 4.79 Å². The van der Waals surface area contributed by atoms with Crippen molar-refractivity contribution in [3.8, 4) is 0 Å². The maximum absolute atomic E-state index is 12.6. The summed E-state index contributed by atoms with van der Waals surface area (Å²) in [6, 6.07) is 7.87.